The molecule has 82 valence electrons. The number of furan rings is 1. The maximum absolute atomic E-state index is 8.62. The minimum Gasteiger partial charge on any atom is -0.449 e. The summed E-state index contributed by atoms with van der Waals surface area (Å²) < 4.78 is 5.28. The Bertz CT molecular complexity index is 481. The van der Waals surface area contributed by atoms with E-state index in [0.29, 0.717) is 18.3 Å². The second-order valence-corrected chi connectivity index (χ2v) is 4.32. The Balaban J connectivity index is 1.90. The lowest BCUT2D eigenvalue weighted by Gasteiger charge is -2.10. The van der Waals surface area contributed by atoms with Crippen LogP contribution < -0.4 is 5.32 Å². The molecule has 2 rings (SSSR count). The van der Waals surface area contributed by atoms with Gasteiger partial charge in [0, 0.05) is 6.04 Å². The normalized spacial score (nSPS) is 12.2. The van der Waals surface area contributed by atoms with Crippen LogP contribution in [0, 0.1) is 11.3 Å². The molecule has 0 spiro atoms. The number of rotatable bonds is 4. The van der Waals surface area contributed by atoms with Crippen molar-refractivity contribution in [2.45, 2.75) is 19.5 Å². The van der Waals surface area contributed by atoms with E-state index in [0.717, 1.165) is 5.76 Å². The van der Waals surface area contributed by atoms with Crippen LogP contribution >= 0.6 is 11.3 Å². The summed E-state index contributed by atoms with van der Waals surface area (Å²) in [6, 6.07) is 7.88. The molecule has 1 N–H and O–H groups in total. The standard InChI is InChI=1S/C12H12N2OS/c1-9(10-4-5-16-8-10)14-7-12-3-2-11(6-13)15-12/h2-5,8-9,14H,7H2,1H3. The highest BCUT2D eigenvalue weighted by atomic mass is 32.1. The smallest absolute Gasteiger partial charge is 0.203 e. The van der Waals surface area contributed by atoms with Crippen molar-refractivity contribution in [3.63, 3.8) is 0 Å². The molecule has 2 aromatic heterocycles. The molecule has 0 saturated carbocycles. The molecular weight excluding hydrogens is 220 g/mol. The Labute approximate surface area is 98.3 Å². The van der Waals surface area contributed by atoms with Gasteiger partial charge in [0.05, 0.1) is 6.54 Å². The van der Waals surface area contributed by atoms with Gasteiger partial charge in [0.25, 0.3) is 0 Å². The highest BCUT2D eigenvalue weighted by Crippen LogP contribution is 2.16. The van der Waals surface area contributed by atoms with Crippen LogP contribution in [0.1, 0.15) is 30.0 Å². The Hall–Kier alpha value is -1.57. The third-order valence-electron chi connectivity index (χ3n) is 2.40. The Morgan fingerprint density at radius 2 is 2.38 bits per heavy atom. The SMILES string of the molecule is CC(NCc1ccc(C#N)o1)c1ccsc1. The maximum Gasteiger partial charge on any atom is 0.203 e. The van der Waals surface area contributed by atoms with E-state index >= 15 is 0 Å². The van der Waals surface area contributed by atoms with Crippen LogP contribution in [-0.2, 0) is 6.54 Å². The molecule has 0 radical (unpaired) electrons. The van der Waals surface area contributed by atoms with Gasteiger partial charge in [-0.25, -0.2) is 0 Å². The molecule has 4 heteroatoms. The first-order valence-electron chi connectivity index (χ1n) is 5.04. The summed E-state index contributed by atoms with van der Waals surface area (Å²) in [6.07, 6.45) is 0. The topological polar surface area (TPSA) is 49.0 Å². The van der Waals surface area contributed by atoms with Crippen LogP contribution in [0.25, 0.3) is 0 Å². The molecule has 0 aliphatic carbocycles. The fourth-order valence-corrected chi connectivity index (χ4v) is 2.18. The van der Waals surface area contributed by atoms with Gasteiger partial charge in [0.1, 0.15) is 11.8 Å². The van der Waals surface area contributed by atoms with Crippen molar-refractivity contribution >= 4 is 11.3 Å². The second kappa shape index (κ2) is 4.97. The van der Waals surface area contributed by atoms with Crippen LogP contribution in [0.5, 0.6) is 0 Å². The van der Waals surface area contributed by atoms with E-state index in [4.69, 9.17) is 9.68 Å². The number of nitriles is 1. The van der Waals surface area contributed by atoms with Gasteiger partial charge in [0.15, 0.2) is 0 Å². The maximum atomic E-state index is 8.62. The van der Waals surface area contributed by atoms with Crippen molar-refractivity contribution in [2.24, 2.45) is 0 Å². The molecule has 0 aromatic carbocycles. The van der Waals surface area contributed by atoms with Gasteiger partial charge in [-0.05, 0) is 41.4 Å². The molecule has 0 aliphatic rings. The zero-order valence-corrected chi connectivity index (χ0v) is 9.75. The van der Waals surface area contributed by atoms with Gasteiger partial charge < -0.3 is 9.73 Å². The molecule has 0 saturated heterocycles. The highest BCUT2D eigenvalue weighted by Gasteiger charge is 2.06. The summed E-state index contributed by atoms with van der Waals surface area (Å²) in [5, 5.41) is 16.1. The van der Waals surface area contributed by atoms with Crippen LogP contribution in [0.4, 0.5) is 0 Å². The van der Waals surface area contributed by atoms with E-state index < -0.39 is 0 Å². The third kappa shape index (κ3) is 2.51. The van der Waals surface area contributed by atoms with Crippen molar-refractivity contribution in [1.29, 1.82) is 5.26 Å². The molecule has 16 heavy (non-hydrogen) atoms. The summed E-state index contributed by atoms with van der Waals surface area (Å²) >= 11 is 1.69. The van der Waals surface area contributed by atoms with E-state index in [2.05, 4.69) is 29.1 Å². The first-order valence-corrected chi connectivity index (χ1v) is 5.98. The first kappa shape index (κ1) is 10.9. The van der Waals surface area contributed by atoms with Crippen molar-refractivity contribution in [2.75, 3.05) is 0 Å². The van der Waals surface area contributed by atoms with Gasteiger partial charge in [-0.15, -0.1) is 0 Å². The molecule has 0 bridgehead atoms. The van der Waals surface area contributed by atoms with E-state index in [9.17, 15) is 0 Å². The van der Waals surface area contributed by atoms with Crippen molar-refractivity contribution in [3.05, 3.63) is 46.0 Å². The van der Waals surface area contributed by atoms with Crippen LogP contribution in [0.2, 0.25) is 0 Å². The summed E-state index contributed by atoms with van der Waals surface area (Å²) in [5.74, 6) is 1.15. The van der Waals surface area contributed by atoms with Gasteiger partial charge in [-0.2, -0.15) is 16.6 Å². The molecule has 0 aliphatic heterocycles. The predicted molar refractivity (Wildman–Crippen MR) is 63.0 cm³/mol. The average Bonchev–Trinajstić information content (AvgIpc) is 2.96. The van der Waals surface area contributed by atoms with Gasteiger partial charge in [-0.1, -0.05) is 0 Å². The minimum absolute atomic E-state index is 0.293. The Morgan fingerprint density at radius 1 is 1.50 bits per heavy atom. The average molecular weight is 232 g/mol. The quantitative estimate of drug-likeness (QED) is 0.881. The first-order chi connectivity index (χ1) is 7.79. The van der Waals surface area contributed by atoms with Crippen molar-refractivity contribution < 1.29 is 4.42 Å². The highest BCUT2D eigenvalue weighted by molar-refractivity contribution is 7.07. The van der Waals surface area contributed by atoms with Crippen molar-refractivity contribution in [3.8, 4) is 6.07 Å². The van der Waals surface area contributed by atoms with E-state index in [1.165, 1.54) is 5.56 Å². The molecule has 3 nitrogen and oxygen atoms in total. The lowest BCUT2D eigenvalue weighted by atomic mass is 10.2. The van der Waals surface area contributed by atoms with Crippen LogP contribution in [0.3, 0.4) is 0 Å². The van der Waals surface area contributed by atoms with Gasteiger partial charge in [0.2, 0.25) is 5.76 Å². The molecule has 1 atom stereocenters. The number of nitrogens with zero attached hydrogens (tertiary/aromatic N) is 1. The zero-order valence-electron chi connectivity index (χ0n) is 8.93. The largest absolute Gasteiger partial charge is 0.449 e. The monoisotopic (exact) mass is 232 g/mol. The zero-order chi connectivity index (χ0) is 11.4. The molecule has 1 unspecified atom stereocenters. The molecule has 2 aromatic rings. The number of nitrogens with one attached hydrogen (secondary N) is 1. The second-order valence-electron chi connectivity index (χ2n) is 3.54. The lowest BCUT2D eigenvalue weighted by molar-refractivity contribution is 0.454. The van der Waals surface area contributed by atoms with E-state index in [-0.39, 0.29) is 0 Å². The molecule has 0 amide bonds. The predicted octanol–water partition coefficient (Wildman–Crippen LogP) is 3.06. The fraction of sp³-hybridized carbons (Fsp3) is 0.250. The van der Waals surface area contributed by atoms with E-state index in [1.807, 2.05) is 12.1 Å². The molecular formula is C12H12N2OS. The van der Waals surface area contributed by atoms with Crippen LogP contribution in [0.15, 0.2) is 33.4 Å². The lowest BCUT2D eigenvalue weighted by Crippen LogP contribution is -2.17. The van der Waals surface area contributed by atoms with Gasteiger partial charge >= 0.3 is 0 Å². The summed E-state index contributed by atoms with van der Waals surface area (Å²) in [6.45, 7) is 2.74. The van der Waals surface area contributed by atoms with Crippen LogP contribution in [-0.4, -0.2) is 0 Å². The summed E-state index contributed by atoms with van der Waals surface area (Å²) in [5.41, 5.74) is 1.28. The number of hydrogen-bond donors (Lipinski definition) is 1. The third-order valence-corrected chi connectivity index (χ3v) is 3.10. The summed E-state index contributed by atoms with van der Waals surface area (Å²) in [4.78, 5) is 0. The number of hydrogen-bond acceptors (Lipinski definition) is 4. The minimum atomic E-state index is 0.293. The number of thiophene rings is 1. The molecule has 0 fully saturated rings. The summed E-state index contributed by atoms with van der Waals surface area (Å²) in [7, 11) is 0. The molecule has 2 heterocycles. The Morgan fingerprint density at radius 3 is 3.00 bits per heavy atom. The van der Waals surface area contributed by atoms with E-state index in [1.54, 1.807) is 17.4 Å². The van der Waals surface area contributed by atoms with Gasteiger partial charge in [-0.3, -0.25) is 0 Å². The fourth-order valence-electron chi connectivity index (χ4n) is 1.43. The Kier molecular flexibility index (Phi) is 3.40. The van der Waals surface area contributed by atoms with Crippen molar-refractivity contribution in [1.82, 2.24) is 5.32 Å².